The number of rotatable bonds is 11. The number of benzene rings is 1. The largest absolute Gasteiger partial charge is 0.381 e. The Morgan fingerprint density at radius 2 is 1.84 bits per heavy atom. The lowest BCUT2D eigenvalue weighted by Gasteiger charge is -2.14. The smallest absolute Gasteiger partial charge is 0.191 e. The molecule has 0 aliphatic carbocycles. The molecule has 2 N–H and O–H groups in total. The van der Waals surface area contributed by atoms with Gasteiger partial charge in [0.2, 0.25) is 0 Å². The molecule has 5 nitrogen and oxygen atoms in total. The molecule has 0 saturated carbocycles. The summed E-state index contributed by atoms with van der Waals surface area (Å²) in [6.45, 7) is 10.9. The molecular formula is C19H34IN3O2. The fourth-order valence-electron chi connectivity index (χ4n) is 2.18. The molecule has 0 spiro atoms. The van der Waals surface area contributed by atoms with Gasteiger partial charge in [0.05, 0.1) is 6.61 Å². The second kappa shape index (κ2) is 15.4. The van der Waals surface area contributed by atoms with Crippen LogP contribution < -0.4 is 10.6 Å². The minimum Gasteiger partial charge on any atom is -0.381 e. The fourth-order valence-corrected chi connectivity index (χ4v) is 2.18. The van der Waals surface area contributed by atoms with Gasteiger partial charge in [-0.3, -0.25) is 4.99 Å². The first-order valence-corrected chi connectivity index (χ1v) is 8.84. The van der Waals surface area contributed by atoms with Crippen LogP contribution in [0.25, 0.3) is 0 Å². The third-order valence-electron chi connectivity index (χ3n) is 3.46. The molecule has 0 aromatic heterocycles. The molecule has 0 bridgehead atoms. The van der Waals surface area contributed by atoms with Crippen molar-refractivity contribution in [2.45, 2.75) is 40.3 Å². The standard InChI is InChI=1S/C19H33N3O2.HI/c1-5-23-15-18-10-7-6-9-17(18)13-22-19(20-4)21-11-8-12-24-14-16(2)3;/h6-7,9-10,16H,5,8,11-15H2,1-4H3,(H2,20,21,22);1H. The van der Waals surface area contributed by atoms with E-state index in [-0.39, 0.29) is 24.0 Å². The monoisotopic (exact) mass is 463 g/mol. The van der Waals surface area contributed by atoms with Crippen molar-refractivity contribution in [2.24, 2.45) is 10.9 Å². The van der Waals surface area contributed by atoms with Gasteiger partial charge in [-0.15, -0.1) is 24.0 Å². The zero-order valence-corrected chi connectivity index (χ0v) is 18.3. The van der Waals surface area contributed by atoms with Crippen LogP contribution in [0.5, 0.6) is 0 Å². The Labute approximate surface area is 170 Å². The predicted molar refractivity (Wildman–Crippen MR) is 116 cm³/mol. The summed E-state index contributed by atoms with van der Waals surface area (Å²) in [7, 11) is 1.79. The van der Waals surface area contributed by atoms with Gasteiger partial charge in [-0.1, -0.05) is 38.1 Å². The lowest BCUT2D eigenvalue weighted by atomic mass is 10.1. The summed E-state index contributed by atoms with van der Waals surface area (Å²) in [5.41, 5.74) is 2.44. The summed E-state index contributed by atoms with van der Waals surface area (Å²) < 4.78 is 11.1. The van der Waals surface area contributed by atoms with Crippen LogP contribution in [0.15, 0.2) is 29.3 Å². The number of guanidine groups is 1. The molecule has 1 aromatic rings. The van der Waals surface area contributed by atoms with Gasteiger partial charge in [-0.25, -0.2) is 0 Å². The third-order valence-corrected chi connectivity index (χ3v) is 3.46. The first-order valence-electron chi connectivity index (χ1n) is 8.84. The van der Waals surface area contributed by atoms with Crippen molar-refractivity contribution in [3.05, 3.63) is 35.4 Å². The van der Waals surface area contributed by atoms with Crippen molar-refractivity contribution in [2.75, 3.05) is 33.4 Å². The number of halogens is 1. The molecule has 0 radical (unpaired) electrons. The van der Waals surface area contributed by atoms with E-state index < -0.39 is 0 Å². The maximum Gasteiger partial charge on any atom is 0.191 e. The van der Waals surface area contributed by atoms with Crippen LogP contribution in [-0.4, -0.2) is 39.4 Å². The molecule has 0 atom stereocenters. The van der Waals surface area contributed by atoms with E-state index in [1.807, 2.05) is 13.0 Å². The Hall–Kier alpha value is -0.860. The van der Waals surface area contributed by atoms with Crippen LogP contribution in [0.3, 0.4) is 0 Å². The second-order valence-corrected chi connectivity index (χ2v) is 6.08. The van der Waals surface area contributed by atoms with Crippen LogP contribution in [0.1, 0.15) is 38.3 Å². The summed E-state index contributed by atoms with van der Waals surface area (Å²) in [5, 5.41) is 6.67. The highest BCUT2D eigenvalue weighted by atomic mass is 127. The van der Waals surface area contributed by atoms with Gasteiger partial charge in [0.15, 0.2) is 5.96 Å². The zero-order valence-electron chi connectivity index (χ0n) is 16.0. The Morgan fingerprint density at radius 1 is 1.12 bits per heavy atom. The van der Waals surface area contributed by atoms with E-state index in [4.69, 9.17) is 9.47 Å². The van der Waals surface area contributed by atoms with Crippen molar-refractivity contribution in [1.29, 1.82) is 0 Å². The molecule has 144 valence electrons. The van der Waals surface area contributed by atoms with Crippen LogP contribution in [0.2, 0.25) is 0 Å². The highest BCUT2D eigenvalue weighted by Gasteiger charge is 2.03. The maximum atomic E-state index is 5.58. The highest BCUT2D eigenvalue weighted by molar-refractivity contribution is 14.0. The zero-order chi connectivity index (χ0) is 17.6. The van der Waals surface area contributed by atoms with Gasteiger partial charge in [0.1, 0.15) is 0 Å². The van der Waals surface area contributed by atoms with Crippen LogP contribution >= 0.6 is 24.0 Å². The molecule has 25 heavy (non-hydrogen) atoms. The van der Waals surface area contributed by atoms with Crippen molar-refractivity contribution >= 4 is 29.9 Å². The number of ether oxygens (including phenoxy) is 2. The van der Waals surface area contributed by atoms with Crippen molar-refractivity contribution in [3.63, 3.8) is 0 Å². The van der Waals surface area contributed by atoms with E-state index in [1.165, 1.54) is 11.1 Å². The summed E-state index contributed by atoms with van der Waals surface area (Å²) in [5.74, 6) is 1.40. The van der Waals surface area contributed by atoms with E-state index in [1.54, 1.807) is 7.05 Å². The van der Waals surface area contributed by atoms with E-state index in [0.717, 1.165) is 45.3 Å². The van der Waals surface area contributed by atoms with Gasteiger partial charge in [0.25, 0.3) is 0 Å². The van der Waals surface area contributed by atoms with E-state index >= 15 is 0 Å². The topological polar surface area (TPSA) is 54.9 Å². The average Bonchev–Trinajstić information content (AvgIpc) is 2.59. The third kappa shape index (κ3) is 11.4. The Balaban J connectivity index is 0.00000576. The normalized spacial score (nSPS) is 11.3. The predicted octanol–water partition coefficient (Wildman–Crippen LogP) is 3.57. The first kappa shape index (κ1) is 24.1. The number of nitrogens with zero attached hydrogens (tertiary/aromatic N) is 1. The van der Waals surface area contributed by atoms with Crippen molar-refractivity contribution in [3.8, 4) is 0 Å². The molecule has 0 saturated heterocycles. The molecule has 0 fully saturated rings. The van der Waals surface area contributed by atoms with Gasteiger partial charge >= 0.3 is 0 Å². The van der Waals surface area contributed by atoms with Gasteiger partial charge in [0, 0.05) is 40.0 Å². The molecule has 1 rings (SSSR count). The Bertz CT molecular complexity index is 481. The number of hydrogen-bond acceptors (Lipinski definition) is 3. The quantitative estimate of drug-likeness (QED) is 0.228. The summed E-state index contributed by atoms with van der Waals surface area (Å²) >= 11 is 0. The van der Waals surface area contributed by atoms with Crippen LogP contribution in [0.4, 0.5) is 0 Å². The van der Waals surface area contributed by atoms with Crippen molar-refractivity contribution in [1.82, 2.24) is 10.6 Å². The Kier molecular flexibility index (Phi) is 14.9. The number of aliphatic imine (C=N–C) groups is 1. The average molecular weight is 463 g/mol. The molecular weight excluding hydrogens is 429 g/mol. The lowest BCUT2D eigenvalue weighted by Crippen LogP contribution is -2.37. The summed E-state index contributed by atoms with van der Waals surface area (Å²) in [4.78, 5) is 4.26. The maximum absolute atomic E-state index is 5.58. The molecule has 0 aliphatic rings. The first-order chi connectivity index (χ1) is 11.7. The van der Waals surface area contributed by atoms with Gasteiger partial charge in [-0.05, 0) is 30.4 Å². The van der Waals surface area contributed by atoms with Gasteiger partial charge in [-0.2, -0.15) is 0 Å². The highest BCUT2D eigenvalue weighted by Crippen LogP contribution is 2.09. The molecule has 0 unspecified atom stereocenters. The SMILES string of the molecule is CCOCc1ccccc1CNC(=NC)NCCCOCC(C)C.I. The van der Waals surface area contributed by atoms with E-state index in [9.17, 15) is 0 Å². The summed E-state index contributed by atoms with van der Waals surface area (Å²) in [6, 6.07) is 8.32. The van der Waals surface area contributed by atoms with Gasteiger partial charge < -0.3 is 20.1 Å². The van der Waals surface area contributed by atoms with E-state index in [0.29, 0.717) is 12.5 Å². The van der Waals surface area contributed by atoms with Crippen LogP contribution in [0, 0.1) is 5.92 Å². The summed E-state index contributed by atoms with van der Waals surface area (Å²) in [6.07, 6.45) is 0.967. The molecule has 6 heteroatoms. The minimum absolute atomic E-state index is 0. The van der Waals surface area contributed by atoms with E-state index in [2.05, 4.69) is 47.7 Å². The molecule has 0 heterocycles. The minimum atomic E-state index is 0. The van der Waals surface area contributed by atoms with Crippen LogP contribution in [-0.2, 0) is 22.6 Å². The number of nitrogens with one attached hydrogen (secondary N) is 2. The van der Waals surface area contributed by atoms with Crippen molar-refractivity contribution < 1.29 is 9.47 Å². The lowest BCUT2D eigenvalue weighted by molar-refractivity contribution is 0.108. The molecule has 0 aliphatic heterocycles. The molecule has 1 aromatic carbocycles. The molecule has 0 amide bonds. The second-order valence-electron chi connectivity index (χ2n) is 6.08. The number of hydrogen-bond donors (Lipinski definition) is 2. The fraction of sp³-hybridized carbons (Fsp3) is 0.632. The Morgan fingerprint density at radius 3 is 2.48 bits per heavy atom.